The SMILES string of the molecule is CC(C)(C)C1CCCC(O)(S(=O)(=O)O)CC1. The standard InChI is InChI=1S/C11H22O4S/c1-10(2,3)9-5-4-7-11(12,8-6-9)16(13,14)15/h9,12H,4-8H2,1-3H3,(H,13,14,15). The van der Waals surface area contributed by atoms with E-state index in [9.17, 15) is 13.5 Å². The van der Waals surface area contributed by atoms with Crippen LogP contribution in [-0.2, 0) is 10.1 Å². The van der Waals surface area contributed by atoms with Crippen molar-refractivity contribution < 1.29 is 18.1 Å². The molecule has 0 heterocycles. The van der Waals surface area contributed by atoms with E-state index in [-0.39, 0.29) is 18.3 Å². The number of hydrogen-bond acceptors (Lipinski definition) is 3. The highest BCUT2D eigenvalue weighted by molar-refractivity contribution is 7.87. The van der Waals surface area contributed by atoms with Crippen LogP contribution < -0.4 is 0 Å². The minimum absolute atomic E-state index is 0.116. The molecule has 0 aromatic rings. The van der Waals surface area contributed by atoms with Gasteiger partial charge in [-0.3, -0.25) is 4.55 Å². The first-order valence-electron chi connectivity index (χ1n) is 5.76. The molecule has 4 nitrogen and oxygen atoms in total. The maximum absolute atomic E-state index is 11.1. The van der Waals surface area contributed by atoms with E-state index in [0.717, 1.165) is 6.42 Å². The predicted octanol–water partition coefficient (Wildman–Crippen LogP) is 2.19. The topological polar surface area (TPSA) is 74.6 Å². The Hall–Kier alpha value is -0.130. The Labute approximate surface area is 97.8 Å². The van der Waals surface area contributed by atoms with Gasteiger partial charge in [0.05, 0.1) is 0 Å². The Kier molecular flexibility index (Phi) is 3.72. The Morgan fingerprint density at radius 2 is 1.75 bits per heavy atom. The largest absolute Gasteiger partial charge is 0.372 e. The summed E-state index contributed by atoms with van der Waals surface area (Å²) in [4.78, 5) is -1.92. The van der Waals surface area contributed by atoms with Gasteiger partial charge in [0.15, 0.2) is 4.93 Å². The fourth-order valence-corrected chi connectivity index (χ4v) is 3.20. The van der Waals surface area contributed by atoms with Gasteiger partial charge in [-0.05, 0) is 43.4 Å². The van der Waals surface area contributed by atoms with Crippen molar-refractivity contribution in [1.29, 1.82) is 0 Å². The molecule has 0 aromatic heterocycles. The molecule has 0 radical (unpaired) electrons. The maximum atomic E-state index is 11.1. The van der Waals surface area contributed by atoms with Crippen LogP contribution in [-0.4, -0.2) is 23.0 Å². The molecule has 2 N–H and O–H groups in total. The van der Waals surface area contributed by atoms with Gasteiger partial charge in [0.1, 0.15) is 0 Å². The summed E-state index contributed by atoms with van der Waals surface area (Å²) in [7, 11) is -4.36. The quantitative estimate of drug-likeness (QED) is 0.552. The van der Waals surface area contributed by atoms with Crippen LogP contribution >= 0.6 is 0 Å². The number of rotatable bonds is 1. The van der Waals surface area contributed by atoms with Crippen LogP contribution in [0.4, 0.5) is 0 Å². The molecule has 0 saturated heterocycles. The second-order valence-corrected chi connectivity index (χ2v) is 7.63. The second-order valence-electron chi connectivity index (χ2n) is 5.92. The minimum atomic E-state index is -4.36. The van der Waals surface area contributed by atoms with Crippen LogP contribution in [0.3, 0.4) is 0 Å². The summed E-state index contributed by atoms with van der Waals surface area (Å²) in [6, 6.07) is 0. The normalized spacial score (nSPS) is 33.4. The molecule has 1 saturated carbocycles. The smallest absolute Gasteiger partial charge is 0.294 e. The molecule has 16 heavy (non-hydrogen) atoms. The highest BCUT2D eigenvalue weighted by Crippen LogP contribution is 2.41. The minimum Gasteiger partial charge on any atom is -0.372 e. The lowest BCUT2D eigenvalue weighted by molar-refractivity contribution is 0.0925. The molecule has 1 fully saturated rings. The van der Waals surface area contributed by atoms with Gasteiger partial charge < -0.3 is 5.11 Å². The van der Waals surface area contributed by atoms with Crippen molar-refractivity contribution in [1.82, 2.24) is 0 Å². The number of aliphatic hydroxyl groups is 1. The highest BCUT2D eigenvalue weighted by Gasteiger charge is 2.43. The van der Waals surface area contributed by atoms with Gasteiger partial charge in [0.25, 0.3) is 10.1 Å². The van der Waals surface area contributed by atoms with E-state index in [1.54, 1.807) is 0 Å². The third kappa shape index (κ3) is 2.96. The van der Waals surface area contributed by atoms with Crippen molar-refractivity contribution in [3.8, 4) is 0 Å². The van der Waals surface area contributed by atoms with Gasteiger partial charge in [-0.1, -0.05) is 20.8 Å². The Bertz CT molecular complexity index is 341. The van der Waals surface area contributed by atoms with Gasteiger partial charge >= 0.3 is 0 Å². The van der Waals surface area contributed by atoms with Crippen molar-refractivity contribution in [3.63, 3.8) is 0 Å². The van der Waals surface area contributed by atoms with Crippen molar-refractivity contribution in [2.45, 2.75) is 57.8 Å². The van der Waals surface area contributed by atoms with Crippen LogP contribution in [0.25, 0.3) is 0 Å². The zero-order valence-electron chi connectivity index (χ0n) is 10.2. The molecule has 0 amide bonds. The molecule has 1 aliphatic carbocycles. The van der Waals surface area contributed by atoms with E-state index < -0.39 is 15.1 Å². The molecule has 0 bridgehead atoms. The Morgan fingerprint density at radius 1 is 1.19 bits per heavy atom. The van der Waals surface area contributed by atoms with E-state index >= 15 is 0 Å². The first-order chi connectivity index (χ1) is 7.06. The van der Waals surface area contributed by atoms with E-state index in [1.165, 1.54) is 0 Å². The maximum Gasteiger partial charge on any atom is 0.294 e. The van der Waals surface area contributed by atoms with Gasteiger partial charge in [-0.15, -0.1) is 0 Å². The first-order valence-corrected chi connectivity index (χ1v) is 7.20. The third-order valence-corrected chi connectivity index (χ3v) is 5.08. The van der Waals surface area contributed by atoms with Crippen LogP contribution in [0.2, 0.25) is 0 Å². The summed E-state index contributed by atoms with van der Waals surface area (Å²) < 4.78 is 31.3. The molecule has 0 aliphatic heterocycles. The van der Waals surface area contributed by atoms with Crippen molar-refractivity contribution in [3.05, 3.63) is 0 Å². The monoisotopic (exact) mass is 250 g/mol. The van der Waals surface area contributed by atoms with Crippen LogP contribution in [0.15, 0.2) is 0 Å². The molecule has 0 aromatic carbocycles. The molecular weight excluding hydrogens is 228 g/mol. The summed E-state index contributed by atoms with van der Waals surface area (Å²) in [6.45, 7) is 6.36. The third-order valence-electron chi connectivity index (χ3n) is 3.71. The molecule has 2 unspecified atom stereocenters. The molecule has 0 spiro atoms. The first kappa shape index (κ1) is 13.9. The summed E-state index contributed by atoms with van der Waals surface area (Å²) in [6.07, 6.45) is 2.45. The van der Waals surface area contributed by atoms with Gasteiger partial charge in [-0.25, -0.2) is 0 Å². The summed E-state index contributed by atoms with van der Waals surface area (Å²) >= 11 is 0. The predicted molar refractivity (Wildman–Crippen MR) is 62.5 cm³/mol. The highest BCUT2D eigenvalue weighted by atomic mass is 32.2. The fourth-order valence-electron chi connectivity index (χ4n) is 2.42. The van der Waals surface area contributed by atoms with Crippen LogP contribution in [0.5, 0.6) is 0 Å². The van der Waals surface area contributed by atoms with Crippen LogP contribution in [0.1, 0.15) is 52.9 Å². The van der Waals surface area contributed by atoms with E-state index in [0.29, 0.717) is 18.8 Å². The summed E-state index contributed by atoms with van der Waals surface area (Å²) in [5.41, 5.74) is 0.116. The number of hydrogen-bond donors (Lipinski definition) is 2. The fraction of sp³-hybridized carbons (Fsp3) is 1.00. The Morgan fingerprint density at radius 3 is 2.19 bits per heavy atom. The summed E-state index contributed by atoms with van der Waals surface area (Å²) in [5.74, 6) is 0.392. The van der Waals surface area contributed by atoms with Gasteiger partial charge in [-0.2, -0.15) is 8.42 Å². The second kappa shape index (κ2) is 4.27. The van der Waals surface area contributed by atoms with Crippen LogP contribution in [0, 0.1) is 11.3 Å². The van der Waals surface area contributed by atoms with Crippen molar-refractivity contribution in [2.75, 3.05) is 0 Å². The lowest BCUT2D eigenvalue weighted by Gasteiger charge is -2.30. The lowest BCUT2D eigenvalue weighted by Crippen LogP contribution is -2.37. The average molecular weight is 250 g/mol. The van der Waals surface area contributed by atoms with Crippen molar-refractivity contribution >= 4 is 10.1 Å². The molecule has 1 rings (SSSR count). The molecule has 5 heteroatoms. The van der Waals surface area contributed by atoms with E-state index in [4.69, 9.17) is 4.55 Å². The average Bonchev–Trinajstić information content (AvgIpc) is 2.25. The molecule has 96 valence electrons. The molecule has 2 atom stereocenters. The van der Waals surface area contributed by atoms with E-state index in [2.05, 4.69) is 20.8 Å². The zero-order valence-corrected chi connectivity index (χ0v) is 11.0. The van der Waals surface area contributed by atoms with Gasteiger partial charge in [0, 0.05) is 0 Å². The molecular formula is C11H22O4S. The lowest BCUT2D eigenvalue weighted by atomic mass is 9.76. The van der Waals surface area contributed by atoms with Gasteiger partial charge in [0.2, 0.25) is 0 Å². The Balaban J connectivity index is 2.81. The zero-order chi connectivity index (χ0) is 12.6. The summed E-state index contributed by atoms with van der Waals surface area (Å²) in [5, 5.41) is 9.93. The molecule has 1 aliphatic rings. The van der Waals surface area contributed by atoms with E-state index in [1.807, 2.05) is 0 Å². The van der Waals surface area contributed by atoms with Crippen molar-refractivity contribution in [2.24, 2.45) is 11.3 Å².